The van der Waals surface area contributed by atoms with Crippen LogP contribution in [0.1, 0.15) is 29.5 Å². The van der Waals surface area contributed by atoms with E-state index in [1.54, 1.807) is 24.3 Å². The fraction of sp³-hybridized carbons (Fsp3) is 0.280. The molecule has 1 aliphatic heterocycles. The molecule has 0 amide bonds. The lowest BCUT2D eigenvalue weighted by molar-refractivity contribution is -0.387. The third-order valence-electron chi connectivity index (χ3n) is 6.96. The van der Waals surface area contributed by atoms with Gasteiger partial charge >= 0.3 is 0 Å². The van der Waals surface area contributed by atoms with Crippen LogP contribution in [-0.2, 0) is 0 Å². The van der Waals surface area contributed by atoms with E-state index < -0.39 is 15.2 Å². The van der Waals surface area contributed by atoms with E-state index in [0.717, 1.165) is 5.56 Å². The number of non-ortho nitro benzene ring substituents is 1. The van der Waals surface area contributed by atoms with Crippen molar-refractivity contribution in [1.29, 1.82) is 0 Å². The lowest BCUT2D eigenvalue weighted by Crippen LogP contribution is -2.31. The van der Waals surface area contributed by atoms with E-state index in [0.29, 0.717) is 38.4 Å². The molecule has 0 bridgehead atoms. The van der Waals surface area contributed by atoms with Crippen molar-refractivity contribution in [2.75, 3.05) is 12.4 Å². The summed E-state index contributed by atoms with van der Waals surface area (Å²) >= 11 is 21.5. The van der Waals surface area contributed by atoms with Crippen molar-refractivity contribution < 1.29 is 14.6 Å². The molecule has 0 unspecified atom stereocenters. The summed E-state index contributed by atoms with van der Waals surface area (Å²) in [6, 6.07) is 14.5. The molecule has 0 spiro atoms. The molecule has 0 aromatic heterocycles. The van der Waals surface area contributed by atoms with Crippen molar-refractivity contribution in [3.05, 3.63) is 96.0 Å². The third kappa shape index (κ3) is 4.58. The highest BCUT2D eigenvalue weighted by Gasteiger charge is 2.52. The van der Waals surface area contributed by atoms with Crippen molar-refractivity contribution >= 4 is 63.6 Å². The van der Waals surface area contributed by atoms with E-state index in [9.17, 15) is 20.2 Å². The first-order valence-corrected chi connectivity index (χ1v) is 13.4. The molecule has 0 radical (unpaired) electrons. The first-order chi connectivity index (χ1) is 17.7. The van der Waals surface area contributed by atoms with E-state index in [1.165, 1.54) is 37.1 Å². The van der Waals surface area contributed by atoms with Gasteiger partial charge in [-0.05, 0) is 35.6 Å². The van der Waals surface area contributed by atoms with Crippen molar-refractivity contribution in [2.24, 2.45) is 5.92 Å². The number of thioether (sulfide) groups is 1. The molecule has 37 heavy (non-hydrogen) atoms. The van der Waals surface area contributed by atoms with Crippen LogP contribution in [0.4, 0.5) is 17.1 Å². The fourth-order valence-corrected chi connectivity index (χ4v) is 7.75. The Balaban J connectivity index is 1.63. The van der Waals surface area contributed by atoms with Gasteiger partial charge in [0.25, 0.3) is 11.4 Å². The van der Waals surface area contributed by atoms with Gasteiger partial charge in [0.15, 0.2) is 0 Å². The number of halogens is 3. The van der Waals surface area contributed by atoms with Gasteiger partial charge in [0.1, 0.15) is 5.75 Å². The minimum atomic E-state index is -0.483. The summed E-state index contributed by atoms with van der Waals surface area (Å²) in [7, 11) is 1.45. The lowest BCUT2D eigenvalue weighted by atomic mass is 9.77. The monoisotopic (exact) mass is 579 g/mol. The zero-order valence-corrected chi connectivity index (χ0v) is 22.4. The van der Waals surface area contributed by atoms with E-state index in [4.69, 9.17) is 39.5 Å². The van der Waals surface area contributed by atoms with Crippen LogP contribution in [0.3, 0.4) is 0 Å². The number of para-hydroxylation sites is 1. The van der Waals surface area contributed by atoms with Crippen molar-refractivity contribution in [3.8, 4) is 5.75 Å². The zero-order chi connectivity index (χ0) is 26.4. The first kappa shape index (κ1) is 25.9. The largest absolute Gasteiger partial charge is 0.494 e. The van der Waals surface area contributed by atoms with Crippen LogP contribution >= 0.6 is 46.6 Å². The van der Waals surface area contributed by atoms with Crippen molar-refractivity contribution in [2.45, 2.75) is 33.9 Å². The molecule has 12 heteroatoms. The Morgan fingerprint density at radius 1 is 1.03 bits per heavy atom. The summed E-state index contributed by atoms with van der Waals surface area (Å²) in [6.45, 7) is 0. The number of nitrogens with zero attached hydrogens (tertiary/aromatic N) is 2. The van der Waals surface area contributed by atoms with Gasteiger partial charge in [0, 0.05) is 23.3 Å². The van der Waals surface area contributed by atoms with Crippen LogP contribution in [0.5, 0.6) is 5.75 Å². The Bertz CT molecular complexity index is 1410. The van der Waals surface area contributed by atoms with Crippen LogP contribution < -0.4 is 10.1 Å². The summed E-state index contributed by atoms with van der Waals surface area (Å²) < 4.78 is 5.54. The molecule has 8 nitrogen and oxygen atoms in total. The SMILES string of the molecule is COc1cc([N+](=O)[O-])cc2c1N[C@H](c1cccc(Cl)c1Cl)[C@@H]1C[C@H](Sc3ccccc3[N+](=O)[O-])[C@@H](Cl)[C@H]21. The summed E-state index contributed by atoms with van der Waals surface area (Å²) in [5.41, 5.74) is 1.97. The Hall–Kier alpha value is -2.72. The number of nitro groups is 2. The van der Waals surface area contributed by atoms with Crippen LogP contribution in [0.2, 0.25) is 10.0 Å². The molecule has 1 aliphatic carbocycles. The Labute approximate surface area is 231 Å². The lowest BCUT2D eigenvalue weighted by Gasteiger charge is -2.39. The highest BCUT2D eigenvalue weighted by molar-refractivity contribution is 8.00. The second kappa shape index (κ2) is 10.2. The number of fused-ring (bicyclic) bond motifs is 3. The minimum absolute atomic E-state index is 0.0107. The van der Waals surface area contributed by atoms with E-state index in [2.05, 4.69) is 5.32 Å². The number of alkyl halides is 1. The van der Waals surface area contributed by atoms with E-state index >= 15 is 0 Å². The molecule has 0 saturated heterocycles. The summed E-state index contributed by atoms with van der Waals surface area (Å²) in [5.74, 6) is -0.116. The molecule has 1 saturated carbocycles. The zero-order valence-electron chi connectivity index (χ0n) is 19.3. The van der Waals surface area contributed by atoms with Crippen LogP contribution in [0, 0.1) is 26.1 Å². The number of ether oxygens (including phenoxy) is 1. The summed E-state index contributed by atoms with van der Waals surface area (Å²) in [6.07, 6.45) is 0.584. The molecular weight excluding hydrogens is 561 g/mol. The molecule has 1 fully saturated rings. The number of hydrogen-bond donors (Lipinski definition) is 1. The Morgan fingerprint density at radius 2 is 1.78 bits per heavy atom. The molecule has 2 aliphatic rings. The second-order valence-electron chi connectivity index (χ2n) is 8.89. The van der Waals surface area contributed by atoms with Gasteiger partial charge in [-0.3, -0.25) is 20.2 Å². The molecular formula is C25H20Cl3N3O5S. The number of rotatable bonds is 6. The Morgan fingerprint density at radius 3 is 2.49 bits per heavy atom. The first-order valence-electron chi connectivity index (χ1n) is 11.3. The van der Waals surface area contributed by atoms with E-state index in [-0.39, 0.29) is 34.5 Å². The average Bonchev–Trinajstić information content (AvgIpc) is 3.20. The summed E-state index contributed by atoms with van der Waals surface area (Å²) in [4.78, 5) is 23.0. The van der Waals surface area contributed by atoms with Crippen molar-refractivity contribution in [1.82, 2.24) is 0 Å². The standard InChI is InChI=1S/C25H20Cl3N3O5S/c1-36-18-10-12(30(32)33)9-14-21-15(24(29-25(14)18)13-5-4-6-16(26)22(13)27)11-20(23(21)28)37-19-8-3-2-7-17(19)31(34)35/h2-10,15,20-21,23-24,29H,11H2,1H3/t15-,20+,21-,23-,24-/m1/s1. The number of benzene rings is 3. The molecule has 5 rings (SSSR count). The van der Waals surface area contributed by atoms with Crippen molar-refractivity contribution in [3.63, 3.8) is 0 Å². The normalized spacial score (nSPS) is 24.1. The molecule has 5 atom stereocenters. The Kier molecular flexibility index (Phi) is 7.15. The van der Waals surface area contributed by atoms with Crippen LogP contribution in [-0.4, -0.2) is 27.6 Å². The van der Waals surface area contributed by atoms with Gasteiger partial charge in [-0.25, -0.2) is 0 Å². The van der Waals surface area contributed by atoms with Crippen LogP contribution in [0.25, 0.3) is 0 Å². The predicted octanol–water partition coefficient (Wildman–Crippen LogP) is 7.86. The highest BCUT2D eigenvalue weighted by Crippen LogP contribution is 2.60. The average molecular weight is 581 g/mol. The molecule has 3 aromatic rings. The number of hydrogen-bond acceptors (Lipinski definition) is 7. The van der Waals surface area contributed by atoms with Gasteiger partial charge in [0.05, 0.1) is 55.1 Å². The van der Waals surface area contributed by atoms with Gasteiger partial charge in [0.2, 0.25) is 0 Å². The molecule has 192 valence electrons. The highest BCUT2D eigenvalue weighted by atomic mass is 35.5. The maximum atomic E-state index is 11.7. The number of nitrogens with one attached hydrogen (secondary N) is 1. The minimum Gasteiger partial charge on any atom is -0.494 e. The molecule has 1 N–H and O–H groups in total. The third-order valence-corrected chi connectivity index (χ3v) is 9.90. The van der Waals surface area contributed by atoms with Gasteiger partial charge in [-0.2, -0.15) is 0 Å². The van der Waals surface area contributed by atoms with Gasteiger partial charge < -0.3 is 10.1 Å². The maximum absolute atomic E-state index is 11.7. The fourth-order valence-electron chi connectivity index (χ4n) is 5.38. The maximum Gasteiger partial charge on any atom is 0.282 e. The van der Waals surface area contributed by atoms with Crippen LogP contribution in [0.15, 0.2) is 59.5 Å². The molecule has 3 aromatic carbocycles. The second-order valence-corrected chi connectivity index (χ2v) is 11.5. The smallest absolute Gasteiger partial charge is 0.282 e. The number of anilines is 1. The number of nitro benzene ring substituents is 2. The topological polar surface area (TPSA) is 108 Å². The number of methoxy groups -OCH3 is 1. The predicted molar refractivity (Wildman–Crippen MR) is 146 cm³/mol. The molecule has 1 heterocycles. The quantitative estimate of drug-likeness (QED) is 0.180. The van der Waals surface area contributed by atoms with Gasteiger partial charge in [-0.15, -0.1) is 23.4 Å². The van der Waals surface area contributed by atoms with E-state index in [1.807, 2.05) is 12.1 Å². The van der Waals surface area contributed by atoms with Gasteiger partial charge in [-0.1, -0.05) is 47.5 Å². The summed E-state index contributed by atoms with van der Waals surface area (Å²) in [5, 5.41) is 26.9.